The summed E-state index contributed by atoms with van der Waals surface area (Å²) in [4.78, 5) is 26.5. The van der Waals surface area contributed by atoms with E-state index in [9.17, 15) is 18.4 Å². The number of carbonyl (C=O) groups excluding carboxylic acids is 2. The van der Waals surface area contributed by atoms with Crippen molar-refractivity contribution in [2.75, 3.05) is 6.54 Å². The van der Waals surface area contributed by atoms with Crippen molar-refractivity contribution in [1.82, 2.24) is 4.90 Å². The number of likely N-dealkylation sites (tertiary alicyclic amines) is 1. The average Bonchev–Trinajstić information content (AvgIpc) is 2.93. The minimum atomic E-state index is -3.26. The summed E-state index contributed by atoms with van der Waals surface area (Å²) in [6.07, 6.45) is -0.156. The fourth-order valence-electron chi connectivity index (χ4n) is 3.17. The molecule has 3 rings (SSSR count). The van der Waals surface area contributed by atoms with Gasteiger partial charge in [0.05, 0.1) is 0 Å². The molecule has 2 aromatic rings. The van der Waals surface area contributed by atoms with Crippen molar-refractivity contribution in [3.8, 4) is 0 Å². The van der Waals surface area contributed by atoms with Gasteiger partial charge in [0.2, 0.25) is 5.91 Å². The molecule has 0 aromatic heterocycles. The van der Waals surface area contributed by atoms with Crippen LogP contribution in [0.1, 0.15) is 22.3 Å². The van der Waals surface area contributed by atoms with Crippen molar-refractivity contribution >= 4 is 34.4 Å². The molecule has 1 atom stereocenters. The van der Waals surface area contributed by atoms with Crippen LogP contribution in [0.4, 0.5) is 8.78 Å². The predicted molar refractivity (Wildman–Crippen MR) is 98.6 cm³/mol. The molecule has 1 aliphatic rings. The fourth-order valence-corrected chi connectivity index (χ4v) is 3.86. The molecule has 0 spiro atoms. The van der Waals surface area contributed by atoms with Gasteiger partial charge in [0.15, 0.2) is 0 Å². The zero-order valence-electron chi connectivity index (χ0n) is 13.3. The third-order valence-corrected chi connectivity index (χ3v) is 5.61. The molecule has 0 aliphatic carbocycles. The molecule has 0 saturated carbocycles. The number of carbonyl (C=O) groups is 2. The number of amides is 2. The lowest BCUT2D eigenvalue weighted by Crippen LogP contribution is -2.47. The Labute approximate surface area is 158 Å². The second-order valence-corrected chi connectivity index (χ2v) is 7.48. The molecular formula is C19H16F2INO2. The Balaban J connectivity index is 1.93. The summed E-state index contributed by atoms with van der Waals surface area (Å²) in [6.45, 7) is -0.00200. The van der Waals surface area contributed by atoms with Crippen LogP contribution in [0.2, 0.25) is 0 Å². The summed E-state index contributed by atoms with van der Waals surface area (Å²) >= 11 is 1.03. The van der Waals surface area contributed by atoms with Crippen LogP contribution in [0.3, 0.4) is 0 Å². The Hall–Kier alpha value is -1.83. The van der Waals surface area contributed by atoms with Crippen molar-refractivity contribution in [2.45, 2.75) is 16.8 Å². The molecule has 1 saturated heterocycles. The SMILES string of the molecule is O=C(c1ccccc1)N1CCC(Cc2ccccc2)(C(F)(F)I)C1=O. The maximum absolute atomic E-state index is 14.5. The maximum Gasteiger partial charge on any atom is 0.311 e. The minimum Gasteiger partial charge on any atom is -0.278 e. The van der Waals surface area contributed by atoms with Crippen molar-refractivity contribution in [1.29, 1.82) is 0 Å². The summed E-state index contributed by atoms with van der Waals surface area (Å²) in [5.41, 5.74) is -0.927. The standard InChI is InChI=1S/C19H16F2INO2/c20-19(21,22)18(13-14-7-3-1-4-8-14)11-12-23(17(18)25)16(24)15-9-5-2-6-10-15/h1-10H,11-13H2. The molecule has 0 bridgehead atoms. The topological polar surface area (TPSA) is 37.4 Å². The zero-order valence-corrected chi connectivity index (χ0v) is 15.4. The lowest BCUT2D eigenvalue weighted by atomic mass is 9.80. The molecule has 1 fully saturated rings. The number of alkyl halides is 3. The molecule has 2 aromatic carbocycles. The van der Waals surface area contributed by atoms with Crippen molar-refractivity contribution in [2.24, 2.45) is 5.41 Å². The van der Waals surface area contributed by atoms with Gasteiger partial charge in [-0.15, -0.1) is 0 Å². The number of halogens is 3. The second-order valence-electron chi connectivity index (χ2n) is 6.12. The second kappa shape index (κ2) is 6.82. The number of hydrogen-bond acceptors (Lipinski definition) is 2. The van der Waals surface area contributed by atoms with E-state index in [0.717, 1.165) is 27.5 Å². The normalized spacial score (nSPS) is 20.8. The molecule has 3 nitrogen and oxygen atoms in total. The fraction of sp³-hybridized carbons (Fsp3) is 0.263. The molecular weight excluding hydrogens is 439 g/mol. The molecule has 0 radical (unpaired) electrons. The Bertz CT molecular complexity index is 777. The van der Waals surface area contributed by atoms with Gasteiger partial charge >= 0.3 is 3.93 Å². The van der Waals surface area contributed by atoms with E-state index in [1.54, 1.807) is 60.7 Å². The molecule has 1 aliphatic heterocycles. The van der Waals surface area contributed by atoms with Gasteiger partial charge in [-0.2, -0.15) is 8.78 Å². The Morgan fingerprint density at radius 3 is 2.20 bits per heavy atom. The number of rotatable bonds is 4. The third kappa shape index (κ3) is 3.31. The van der Waals surface area contributed by atoms with Gasteiger partial charge < -0.3 is 0 Å². The minimum absolute atomic E-state index is 0.00200. The lowest BCUT2D eigenvalue weighted by Gasteiger charge is -2.32. The first-order valence-corrected chi connectivity index (χ1v) is 8.95. The molecule has 130 valence electrons. The van der Waals surface area contributed by atoms with Crippen LogP contribution in [0, 0.1) is 5.41 Å². The lowest BCUT2D eigenvalue weighted by molar-refractivity contribution is -0.143. The van der Waals surface area contributed by atoms with E-state index in [4.69, 9.17) is 0 Å². The van der Waals surface area contributed by atoms with E-state index in [1.165, 1.54) is 0 Å². The number of imide groups is 1. The van der Waals surface area contributed by atoms with Gasteiger partial charge in [-0.25, -0.2) is 0 Å². The Morgan fingerprint density at radius 2 is 1.64 bits per heavy atom. The smallest absolute Gasteiger partial charge is 0.278 e. The highest BCUT2D eigenvalue weighted by molar-refractivity contribution is 14.1. The van der Waals surface area contributed by atoms with Crippen molar-refractivity contribution < 1.29 is 18.4 Å². The predicted octanol–water partition coefficient (Wildman–Crippen LogP) is 4.32. The van der Waals surface area contributed by atoms with Gasteiger partial charge in [0.25, 0.3) is 5.91 Å². The Morgan fingerprint density at radius 1 is 1.08 bits per heavy atom. The van der Waals surface area contributed by atoms with Crippen LogP contribution in [0.15, 0.2) is 60.7 Å². The van der Waals surface area contributed by atoms with Crippen LogP contribution in [0.25, 0.3) is 0 Å². The van der Waals surface area contributed by atoms with Crippen LogP contribution in [-0.2, 0) is 11.2 Å². The molecule has 1 heterocycles. The van der Waals surface area contributed by atoms with Crippen LogP contribution >= 0.6 is 22.6 Å². The first kappa shape index (κ1) is 18.0. The molecule has 6 heteroatoms. The molecule has 1 unspecified atom stereocenters. The quantitative estimate of drug-likeness (QED) is 0.392. The molecule has 2 amide bonds. The summed E-state index contributed by atoms with van der Waals surface area (Å²) in [5.74, 6) is -1.33. The van der Waals surface area contributed by atoms with Crippen molar-refractivity contribution in [3.05, 3.63) is 71.8 Å². The van der Waals surface area contributed by atoms with E-state index in [1.807, 2.05) is 0 Å². The highest BCUT2D eigenvalue weighted by atomic mass is 127. The summed E-state index contributed by atoms with van der Waals surface area (Å²) in [7, 11) is 0. The van der Waals surface area contributed by atoms with E-state index in [-0.39, 0.29) is 19.4 Å². The van der Waals surface area contributed by atoms with Crippen molar-refractivity contribution in [3.63, 3.8) is 0 Å². The largest absolute Gasteiger partial charge is 0.311 e. The zero-order chi connectivity index (χ0) is 18.1. The molecule has 25 heavy (non-hydrogen) atoms. The van der Waals surface area contributed by atoms with E-state index >= 15 is 0 Å². The first-order valence-electron chi connectivity index (χ1n) is 7.87. The number of nitrogens with zero attached hydrogens (tertiary/aromatic N) is 1. The number of benzene rings is 2. The third-order valence-electron chi connectivity index (χ3n) is 4.57. The van der Waals surface area contributed by atoms with Gasteiger partial charge in [-0.3, -0.25) is 14.5 Å². The van der Waals surface area contributed by atoms with E-state index in [2.05, 4.69) is 0 Å². The first-order chi connectivity index (χ1) is 11.8. The van der Waals surface area contributed by atoms with Gasteiger partial charge in [0, 0.05) is 12.1 Å². The van der Waals surface area contributed by atoms with Crippen LogP contribution in [0.5, 0.6) is 0 Å². The maximum atomic E-state index is 14.5. The molecule has 0 N–H and O–H groups in total. The van der Waals surface area contributed by atoms with Gasteiger partial charge in [-0.05, 0) is 53.1 Å². The average molecular weight is 455 g/mol. The van der Waals surface area contributed by atoms with Gasteiger partial charge in [0.1, 0.15) is 5.41 Å². The van der Waals surface area contributed by atoms with Gasteiger partial charge in [-0.1, -0.05) is 48.5 Å². The van der Waals surface area contributed by atoms with Crippen LogP contribution < -0.4 is 0 Å². The number of hydrogen-bond donors (Lipinski definition) is 0. The van der Waals surface area contributed by atoms with E-state index in [0.29, 0.717) is 11.1 Å². The summed E-state index contributed by atoms with van der Waals surface area (Å²) < 4.78 is 25.7. The summed E-state index contributed by atoms with van der Waals surface area (Å²) in [6, 6.07) is 17.0. The van der Waals surface area contributed by atoms with E-state index < -0.39 is 21.2 Å². The monoisotopic (exact) mass is 455 g/mol. The Kier molecular flexibility index (Phi) is 4.90. The van der Waals surface area contributed by atoms with Crippen LogP contribution in [-0.4, -0.2) is 27.2 Å². The highest BCUT2D eigenvalue weighted by Gasteiger charge is 2.62. The highest BCUT2D eigenvalue weighted by Crippen LogP contribution is 2.51. The summed E-state index contributed by atoms with van der Waals surface area (Å²) in [5, 5.41) is 0.